The summed E-state index contributed by atoms with van der Waals surface area (Å²) in [6, 6.07) is 5.75. The van der Waals surface area contributed by atoms with Crippen LogP contribution < -0.4 is 5.73 Å². The fourth-order valence-corrected chi connectivity index (χ4v) is 3.08. The number of carbonyl (C=O) groups excluding carboxylic acids is 1. The third-order valence-corrected chi connectivity index (χ3v) is 4.43. The number of hydrogen-bond donors (Lipinski definition) is 1. The number of carbonyl (C=O) groups is 1. The Kier molecular flexibility index (Phi) is 6.00. The highest BCUT2D eigenvalue weighted by atomic mass is 16.5. The quantitative estimate of drug-likeness (QED) is 0.823. The lowest BCUT2D eigenvalue weighted by atomic mass is 10.1. The molecule has 3 rings (SSSR count). The lowest BCUT2D eigenvalue weighted by Crippen LogP contribution is -2.45. The standard InChI is InChI=1S/C18H25N5O2/c19-17-13-15(6-8-20-17)4-5-16-14-22(11-12-25-16)18(24)3-1-9-23-10-2-7-21-23/h2,6-8,10,13,16H,1,3-5,9,11-12,14H2,(H2,19,20)/t16-/m1/s1. The zero-order valence-corrected chi connectivity index (χ0v) is 14.4. The molecule has 2 N–H and O–H groups in total. The number of nitrogens with zero attached hydrogens (tertiary/aromatic N) is 4. The largest absolute Gasteiger partial charge is 0.384 e. The van der Waals surface area contributed by atoms with Gasteiger partial charge in [-0.25, -0.2) is 4.98 Å². The summed E-state index contributed by atoms with van der Waals surface area (Å²) in [5, 5.41) is 4.16. The average Bonchev–Trinajstić information content (AvgIpc) is 3.14. The zero-order chi connectivity index (χ0) is 17.5. The van der Waals surface area contributed by atoms with Crippen LogP contribution >= 0.6 is 0 Å². The second-order valence-electron chi connectivity index (χ2n) is 6.33. The maximum Gasteiger partial charge on any atom is 0.222 e. The first-order valence-corrected chi connectivity index (χ1v) is 8.78. The molecule has 1 aliphatic heterocycles. The van der Waals surface area contributed by atoms with E-state index < -0.39 is 0 Å². The Labute approximate surface area is 147 Å². The molecule has 1 aliphatic rings. The van der Waals surface area contributed by atoms with Crippen LogP contribution in [0.15, 0.2) is 36.8 Å². The molecule has 0 unspecified atom stereocenters. The zero-order valence-electron chi connectivity index (χ0n) is 14.4. The molecule has 1 atom stereocenters. The molecule has 0 spiro atoms. The summed E-state index contributed by atoms with van der Waals surface area (Å²) in [7, 11) is 0. The number of aryl methyl sites for hydroxylation is 2. The fraction of sp³-hybridized carbons (Fsp3) is 0.500. The number of nitrogens with two attached hydrogens (primary N) is 1. The minimum atomic E-state index is 0.0817. The molecule has 1 amide bonds. The highest BCUT2D eigenvalue weighted by molar-refractivity contribution is 5.76. The van der Waals surface area contributed by atoms with Gasteiger partial charge in [0.2, 0.25) is 5.91 Å². The van der Waals surface area contributed by atoms with Crippen molar-refractivity contribution in [2.24, 2.45) is 0 Å². The van der Waals surface area contributed by atoms with E-state index in [1.54, 1.807) is 12.4 Å². The SMILES string of the molecule is Nc1cc(CC[C@@H]2CN(C(=O)CCCn3cccn3)CCO2)ccn1. The summed E-state index contributed by atoms with van der Waals surface area (Å²) < 4.78 is 7.68. The average molecular weight is 343 g/mol. The molecule has 1 saturated heterocycles. The van der Waals surface area contributed by atoms with Crippen LogP contribution in [-0.4, -0.2) is 51.4 Å². The Morgan fingerprint density at radius 3 is 3.12 bits per heavy atom. The minimum Gasteiger partial charge on any atom is -0.384 e. The van der Waals surface area contributed by atoms with Crippen LogP contribution in [0.3, 0.4) is 0 Å². The van der Waals surface area contributed by atoms with Crippen molar-refractivity contribution in [3.05, 3.63) is 42.4 Å². The second-order valence-corrected chi connectivity index (χ2v) is 6.33. The molecule has 0 bridgehead atoms. The van der Waals surface area contributed by atoms with Crippen molar-refractivity contribution < 1.29 is 9.53 Å². The van der Waals surface area contributed by atoms with Gasteiger partial charge in [-0.2, -0.15) is 5.10 Å². The first kappa shape index (κ1) is 17.4. The lowest BCUT2D eigenvalue weighted by molar-refractivity contribution is -0.139. The van der Waals surface area contributed by atoms with Gasteiger partial charge in [-0.15, -0.1) is 0 Å². The van der Waals surface area contributed by atoms with E-state index >= 15 is 0 Å². The molecule has 0 radical (unpaired) electrons. The monoisotopic (exact) mass is 343 g/mol. The van der Waals surface area contributed by atoms with E-state index in [0.717, 1.165) is 31.4 Å². The topological polar surface area (TPSA) is 86.3 Å². The summed E-state index contributed by atoms with van der Waals surface area (Å²) in [4.78, 5) is 18.3. The van der Waals surface area contributed by atoms with Crippen molar-refractivity contribution in [3.8, 4) is 0 Å². The van der Waals surface area contributed by atoms with E-state index in [2.05, 4.69) is 10.1 Å². The molecule has 3 heterocycles. The van der Waals surface area contributed by atoms with E-state index in [0.29, 0.717) is 31.9 Å². The number of amides is 1. The molecule has 1 fully saturated rings. The number of nitrogen functional groups attached to an aromatic ring is 1. The van der Waals surface area contributed by atoms with Gasteiger partial charge in [0.25, 0.3) is 0 Å². The molecule has 7 nitrogen and oxygen atoms in total. The molecule has 0 saturated carbocycles. The van der Waals surface area contributed by atoms with Crippen molar-refractivity contribution in [2.75, 3.05) is 25.4 Å². The molecule has 134 valence electrons. The molecular formula is C18H25N5O2. The van der Waals surface area contributed by atoms with Gasteiger partial charge in [-0.1, -0.05) is 0 Å². The van der Waals surface area contributed by atoms with Gasteiger partial charge in [0.15, 0.2) is 0 Å². The van der Waals surface area contributed by atoms with Crippen molar-refractivity contribution in [1.29, 1.82) is 0 Å². The van der Waals surface area contributed by atoms with Crippen LogP contribution in [0.2, 0.25) is 0 Å². The Hall–Kier alpha value is -2.41. The Morgan fingerprint density at radius 2 is 2.32 bits per heavy atom. The van der Waals surface area contributed by atoms with Crippen molar-refractivity contribution >= 4 is 11.7 Å². The number of morpholine rings is 1. The Morgan fingerprint density at radius 1 is 1.40 bits per heavy atom. The van der Waals surface area contributed by atoms with Gasteiger partial charge in [0.1, 0.15) is 5.82 Å². The number of hydrogen-bond acceptors (Lipinski definition) is 5. The van der Waals surface area contributed by atoms with Gasteiger partial charge >= 0.3 is 0 Å². The molecule has 2 aromatic heterocycles. The molecule has 7 heteroatoms. The van der Waals surface area contributed by atoms with Crippen LogP contribution in [0.25, 0.3) is 0 Å². The summed E-state index contributed by atoms with van der Waals surface area (Å²) in [6.07, 6.45) is 8.58. The summed E-state index contributed by atoms with van der Waals surface area (Å²) in [5.74, 6) is 0.740. The first-order valence-electron chi connectivity index (χ1n) is 8.78. The number of rotatable bonds is 7. The predicted molar refractivity (Wildman–Crippen MR) is 94.8 cm³/mol. The van der Waals surface area contributed by atoms with E-state index in [9.17, 15) is 4.79 Å². The van der Waals surface area contributed by atoms with Gasteiger partial charge < -0.3 is 15.4 Å². The lowest BCUT2D eigenvalue weighted by Gasteiger charge is -2.33. The van der Waals surface area contributed by atoms with Crippen LogP contribution in [0, 0.1) is 0 Å². The molecular weight excluding hydrogens is 318 g/mol. The van der Waals surface area contributed by atoms with Crippen LogP contribution in [0.4, 0.5) is 5.82 Å². The number of pyridine rings is 1. The smallest absolute Gasteiger partial charge is 0.222 e. The Bertz CT molecular complexity index is 674. The van der Waals surface area contributed by atoms with Gasteiger partial charge in [0.05, 0.1) is 12.7 Å². The van der Waals surface area contributed by atoms with E-state index in [1.165, 1.54) is 0 Å². The molecule has 2 aromatic rings. The molecule has 25 heavy (non-hydrogen) atoms. The third kappa shape index (κ3) is 5.29. The molecule has 0 aliphatic carbocycles. The van der Waals surface area contributed by atoms with Crippen LogP contribution in [0.5, 0.6) is 0 Å². The highest BCUT2D eigenvalue weighted by Gasteiger charge is 2.23. The van der Waals surface area contributed by atoms with Gasteiger partial charge in [-0.3, -0.25) is 9.48 Å². The summed E-state index contributed by atoms with van der Waals surface area (Å²) in [6.45, 7) is 2.73. The van der Waals surface area contributed by atoms with Crippen molar-refractivity contribution in [2.45, 2.75) is 38.3 Å². The first-order chi connectivity index (χ1) is 12.2. The summed E-state index contributed by atoms with van der Waals surface area (Å²) in [5.41, 5.74) is 6.86. The van der Waals surface area contributed by atoms with Gasteiger partial charge in [0, 0.05) is 44.6 Å². The minimum absolute atomic E-state index is 0.0817. The Balaban J connectivity index is 1.41. The third-order valence-electron chi connectivity index (χ3n) is 4.43. The van der Waals surface area contributed by atoms with E-state index in [-0.39, 0.29) is 12.0 Å². The summed E-state index contributed by atoms with van der Waals surface area (Å²) >= 11 is 0. The number of aromatic nitrogens is 3. The van der Waals surface area contributed by atoms with Gasteiger partial charge in [-0.05, 0) is 43.0 Å². The highest BCUT2D eigenvalue weighted by Crippen LogP contribution is 2.14. The normalized spacial score (nSPS) is 17.6. The van der Waals surface area contributed by atoms with Crippen molar-refractivity contribution in [1.82, 2.24) is 19.7 Å². The second kappa shape index (κ2) is 8.62. The predicted octanol–water partition coefficient (Wildman–Crippen LogP) is 1.50. The number of ether oxygens (including phenoxy) is 1. The van der Waals surface area contributed by atoms with Crippen LogP contribution in [-0.2, 0) is 22.5 Å². The fourth-order valence-electron chi connectivity index (χ4n) is 3.08. The van der Waals surface area contributed by atoms with Crippen molar-refractivity contribution in [3.63, 3.8) is 0 Å². The molecule has 0 aromatic carbocycles. The maximum absolute atomic E-state index is 12.4. The van der Waals surface area contributed by atoms with Crippen LogP contribution in [0.1, 0.15) is 24.8 Å². The maximum atomic E-state index is 12.4. The van der Waals surface area contributed by atoms with E-state index in [4.69, 9.17) is 10.5 Å². The van der Waals surface area contributed by atoms with E-state index in [1.807, 2.05) is 34.0 Å². The number of anilines is 1.